The summed E-state index contributed by atoms with van der Waals surface area (Å²) in [6, 6.07) is 6.93. The maximum Gasteiger partial charge on any atom is 0.251 e. The van der Waals surface area contributed by atoms with E-state index in [-0.39, 0.29) is 17.3 Å². The van der Waals surface area contributed by atoms with Crippen molar-refractivity contribution in [2.45, 2.75) is 31.7 Å². The molecule has 0 saturated heterocycles. The standard InChI is InChI=1S/C12H15Cl2NO/c1-8(13)6-9(2)15-12(16)10-4-3-5-11(14)7-10/h3-5,7-9H,6H2,1-2H3,(H,15,16). The molecule has 1 amide bonds. The lowest BCUT2D eigenvalue weighted by Crippen LogP contribution is -2.33. The summed E-state index contributed by atoms with van der Waals surface area (Å²) < 4.78 is 0. The largest absolute Gasteiger partial charge is 0.350 e. The van der Waals surface area contributed by atoms with Crippen molar-refractivity contribution >= 4 is 29.1 Å². The van der Waals surface area contributed by atoms with E-state index in [2.05, 4.69) is 5.32 Å². The number of nitrogens with one attached hydrogen (secondary N) is 1. The van der Waals surface area contributed by atoms with Gasteiger partial charge in [0.15, 0.2) is 0 Å². The van der Waals surface area contributed by atoms with Gasteiger partial charge in [0.25, 0.3) is 5.91 Å². The zero-order valence-corrected chi connectivity index (χ0v) is 10.8. The highest BCUT2D eigenvalue weighted by molar-refractivity contribution is 6.30. The number of rotatable bonds is 4. The number of carbonyl (C=O) groups excluding carboxylic acids is 1. The van der Waals surface area contributed by atoms with Crippen LogP contribution in [0.2, 0.25) is 5.02 Å². The van der Waals surface area contributed by atoms with Crippen LogP contribution in [0, 0.1) is 0 Å². The summed E-state index contributed by atoms with van der Waals surface area (Å²) in [5.41, 5.74) is 0.571. The quantitative estimate of drug-likeness (QED) is 0.825. The van der Waals surface area contributed by atoms with Crippen LogP contribution in [0.3, 0.4) is 0 Å². The van der Waals surface area contributed by atoms with Crippen molar-refractivity contribution in [2.75, 3.05) is 0 Å². The summed E-state index contributed by atoms with van der Waals surface area (Å²) >= 11 is 11.7. The molecule has 0 spiro atoms. The summed E-state index contributed by atoms with van der Waals surface area (Å²) in [6.07, 6.45) is 0.744. The van der Waals surface area contributed by atoms with E-state index in [4.69, 9.17) is 23.2 Å². The Kier molecular flexibility index (Phi) is 5.10. The van der Waals surface area contributed by atoms with E-state index < -0.39 is 0 Å². The van der Waals surface area contributed by atoms with Crippen molar-refractivity contribution < 1.29 is 4.79 Å². The van der Waals surface area contributed by atoms with Crippen molar-refractivity contribution in [3.63, 3.8) is 0 Å². The predicted molar refractivity (Wildman–Crippen MR) is 68.3 cm³/mol. The summed E-state index contributed by atoms with van der Waals surface area (Å²) in [6.45, 7) is 3.84. The minimum absolute atomic E-state index is 0.0506. The molecule has 1 aromatic carbocycles. The molecule has 1 N–H and O–H groups in total. The van der Waals surface area contributed by atoms with Crippen molar-refractivity contribution in [3.05, 3.63) is 34.9 Å². The van der Waals surface area contributed by atoms with Gasteiger partial charge in [-0.3, -0.25) is 4.79 Å². The zero-order chi connectivity index (χ0) is 12.1. The minimum Gasteiger partial charge on any atom is -0.350 e. The average Bonchev–Trinajstić information content (AvgIpc) is 2.16. The van der Waals surface area contributed by atoms with Gasteiger partial charge < -0.3 is 5.32 Å². The van der Waals surface area contributed by atoms with Crippen molar-refractivity contribution in [2.24, 2.45) is 0 Å². The normalized spacial score (nSPS) is 14.2. The number of halogens is 2. The van der Waals surface area contributed by atoms with E-state index in [0.717, 1.165) is 6.42 Å². The summed E-state index contributed by atoms with van der Waals surface area (Å²) in [7, 11) is 0. The summed E-state index contributed by atoms with van der Waals surface area (Å²) in [5.74, 6) is -0.118. The first-order valence-corrected chi connectivity index (χ1v) is 6.01. The molecule has 0 aliphatic heterocycles. The lowest BCUT2D eigenvalue weighted by Gasteiger charge is -2.15. The van der Waals surface area contributed by atoms with Crippen LogP contribution in [0.15, 0.2) is 24.3 Å². The fourth-order valence-electron chi connectivity index (χ4n) is 1.48. The SMILES string of the molecule is CC(Cl)CC(C)NC(=O)c1cccc(Cl)c1. The second-order valence-corrected chi connectivity index (χ2v) is 5.08. The molecule has 0 aromatic heterocycles. The number of amides is 1. The minimum atomic E-state index is -0.118. The molecule has 4 heteroatoms. The molecule has 1 aromatic rings. The average molecular weight is 260 g/mol. The summed E-state index contributed by atoms with van der Waals surface area (Å²) in [5, 5.41) is 3.48. The lowest BCUT2D eigenvalue weighted by molar-refractivity contribution is 0.0938. The maximum atomic E-state index is 11.8. The van der Waals surface area contributed by atoms with Crippen LogP contribution in [0.25, 0.3) is 0 Å². The second kappa shape index (κ2) is 6.12. The molecule has 1 rings (SSSR count). The molecule has 2 nitrogen and oxygen atoms in total. The van der Waals surface area contributed by atoms with E-state index in [1.54, 1.807) is 24.3 Å². The highest BCUT2D eigenvalue weighted by atomic mass is 35.5. The molecule has 2 atom stereocenters. The third-order valence-electron chi connectivity index (χ3n) is 2.14. The predicted octanol–water partition coefficient (Wildman–Crippen LogP) is 3.48. The van der Waals surface area contributed by atoms with E-state index in [9.17, 15) is 4.79 Å². The van der Waals surface area contributed by atoms with Gasteiger partial charge in [0.2, 0.25) is 0 Å². The third-order valence-corrected chi connectivity index (χ3v) is 2.56. The van der Waals surface area contributed by atoms with Gasteiger partial charge in [-0.25, -0.2) is 0 Å². The van der Waals surface area contributed by atoms with Gasteiger partial charge in [0.1, 0.15) is 0 Å². The fraction of sp³-hybridized carbons (Fsp3) is 0.417. The number of hydrogen-bond acceptors (Lipinski definition) is 1. The fourth-order valence-corrected chi connectivity index (χ4v) is 1.94. The molecule has 0 aliphatic rings. The van der Waals surface area contributed by atoms with Crippen LogP contribution in [0.4, 0.5) is 0 Å². The van der Waals surface area contributed by atoms with Crippen molar-refractivity contribution in [3.8, 4) is 0 Å². The van der Waals surface area contributed by atoms with Crippen LogP contribution in [0.5, 0.6) is 0 Å². The molecule has 0 saturated carbocycles. The smallest absolute Gasteiger partial charge is 0.251 e. The zero-order valence-electron chi connectivity index (χ0n) is 9.34. The first-order chi connectivity index (χ1) is 7.49. The van der Waals surface area contributed by atoms with Gasteiger partial charge in [-0.1, -0.05) is 17.7 Å². The Bertz CT molecular complexity index is 366. The Morgan fingerprint density at radius 1 is 1.44 bits per heavy atom. The first-order valence-electron chi connectivity index (χ1n) is 5.19. The number of hydrogen-bond donors (Lipinski definition) is 1. The van der Waals surface area contributed by atoms with E-state index in [1.807, 2.05) is 13.8 Å². The van der Waals surface area contributed by atoms with E-state index in [0.29, 0.717) is 10.6 Å². The highest BCUT2D eigenvalue weighted by Gasteiger charge is 2.11. The molecule has 0 bridgehead atoms. The van der Waals surface area contributed by atoms with Crippen LogP contribution >= 0.6 is 23.2 Å². The topological polar surface area (TPSA) is 29.1 Å². The monoisotopic (exact) mass is 259 g/mol. The van der Waals surface area contributed by atoms with Crippen LogP contribution < -0.4 is 5.32 Å². The van der Waals surface area contributed by atoms with Gasteiger partial charge in [0, 0.05) is 22.0 Å². The second-order valence-electron chi connectivity index (χ2n) is 3.90. The summed E-state index contributed by atoms with van der Waals surface area (Å²) in [4.78, 5) is 11.8. The molecule has 0 heterocycles. The van der Waals surface area contributed by atoms with Gasteiger partial charge >= 0.3 is 0 Å². The maximum absolute atomic E-state index is 11.8. The first kappa shape index (κ1) is 13.3. The van der Waals surface area contributed by atoms with Crippen LogP contribution in [0.1, 0.15) is 30.6 Å². The molecule has 88 valence electrons. The lowest BCUT2D eigenvalue weighted by atomic mass is 10.1. The molecular formula is C12H15Cl2NO. The molecule has 2 unspecified atom stereocenters. The molecule has 0 radical (unpaired) electrons. The third kappa shape index (κ3) is 4.42. The highest BCUT2D eigenvalue weighted by Crippen LogP contribution is 2.11. The Morgan fingerprint density at radius 3 is 2.69 bits per heavy atom. The van der Waals surface area contributed by atoms with E-state index >= 15 is 0 Å². The number of alkyl halides is 1. The van der Waals surface area contributed by atoms with E-state index in [1.165, 1.54) is 0 Å². The van der Waals surface area contributed by atoms with Crippen LogP contribution in [-0.2, 0) is 0 Å². The van der Waals surface area contributed by atoms with Crippen molar-refractivity contribution in [1.82, 2.24) is 5.32 Å². The number of carbonyl (C=O) groups is 1. The Labute approximate surface area is 106 Å². The Hall–Kier alpha value is -0.730. The van der Waals surface area contributed by atoms with Gasteiger partial charge in [-0.05, 0) is 38.5 Å². The van der Waals surface area contributed by atoms with Crippen molar-refractivity contribution in [1.29, 1.82) is 0 Å². The van der Waals surface area contributed by atoms with Gasteiger partial charge in [0.05, 0.1) is 0 Å². The van der Waals surface area contributed by atoms with Gasteiger partial charge in [-0.15, -0.1) is 11.6 Å². The Balaban J connectivity index is 2.59. The Morgan fingerprint density at radius 2 is 2.12 bits per heavy atom. The molecule has 16 heavy (non-hydrogen) atoms. The molecular weight excluding hydrogens is 245 g/mol. The van der Waals surface area contributed by atoms with Crippen LogP contribution in [-0.4, -0.2) is 17.3 Å². The van der Waals surface area contributed by atoms with Gasteiger partial charge in [-0.2, -0.15) is 0 Å². The molecule has 0 fully saturated rings. The number of benzene rings is 1. The molecule has 0 aliphatic carbocycles.